The molecular formula is C16H25NO. The SMILES string of the molecule is CCNC(c1ccc(CC)o1)C1C2CCCCC21. The number of aryl methyl sites for hydroxylation is 1. The van der Waals surface area contributed by atoms with Gasteiger partial charge in [0.25, 0.3) is 0 Å². The summed E-state index contributed by atoms with van der Waals surface area (Å²) < 4.78 is 5.99. The van der Waals surface area contributed by atoms with Gasteiger partial charge in [0.05, 0.1) is 6.04 Å². The van der Waals surface area contributed by atoms with E-state index in [0.717, 1.165) is 36.5 Å². The predicted molar refractivity (Wildman–Crippen MR) is 73.4 cm³/mol. The molecule has 1 N–H and O–H groups in total. The lowest BCUT2D eigenvalue weighted by Gasteiger charge is -2.15. The van der Waals surface area contributed by atoms with Gasteiger partial charge in [-0.05, 0) is 49.3 Å². The minimum Gasteiger partial charge on any atom is -0.464 e. The van der Waals surface area contributed by atoms with E-state index in [1.54, 1.807) is 0 Å². The van der Waals surface area contributed by atoms with E-state index in [9.17, 15) is 0 Å². The number of furan rings is 1. The lowest BCUT2D eigenvalue weighted by atomic mass is 10.0. The molecule has 3 rings (SSSR count). The molecule has 0 spiro atoms. The summed E-state index contributed by atoms with van der Waals surface area (Å²) in [5.41, 5.74) is 0. The first-order valence-corrected chi connectivity index (χ1v) is 7.67. The summed E-state index contributed by atoms with van der Waals surface area (Å²) in [6, 6.07) is 4.80. The van der Waals surface area contributed by atoms with Crippen molar-refractivity contribution in [1.29, 1.82) is 0 Å². The normalized spacial score (nSPS) is 32.0. The van der Waals surface area contributed by atoms with Gasteiger partial charge in [-0.15, -0.1) is 0 Å². The van der Waals surface area contributed by atoms with Crippen molar-refractivity contribution in [2.75, 3.05) is 6.54 Å². The Morgan fingerprint density at radius 3 is 2.50 bits per heavy atom. The van der Waals surface area contributed by atoms with Gasteiger partial charge in [0, 0.05) is 6.42 Å². The number of nitrogens with one attached hydrogen (secondary N) is 1. The van der Waals surface area contributed by atoms with E-state index >= 15 is 0 Å². The Kier molecular flexibility index (Phi) is 3.47. The number of rotatable bonds is 5. The van der Waals surface area contributed by atoms with Crippen molar-refractivity contribution >= 4 is 0 Å². The second-order valence-electron chi connectivity index (χ2n) is 5.88. The van der Waals surface area contributed by atoms with Gasteiger partial charge in [0.1, 0.15) is 11.5 Å². The third-order valence-electron chi connectivity index (χ3n) is 4.87. The molecule has 0 amide bonds. The molecule has 100 valence electrons. The fourth-order valence-corrected chi connectivity index (χ4v) is 3.94. The Bertz CT molecular complexity index is 386. The van der Waals surface area contributed by atoms with Gasteiger partial charge < -0.3 is 9.73 Å². The summed E-state index contributed by atoms with van der Waals surface area (Å²) in [5.74, 6) is 5.07. The molecule has 1 heterocycles. The van der Waals surface area contributed by atoms with E-state index < -0.39 is 0 Å². The third kappa shape index (κ3) is 2.11. The van der Waals surface area contributed by atoms with Crippen LogP contribution in [0.25, 0.3) is 0 Å². The van der Waals surface area contributed by atoms with Crippen LogP contribution in [0.3, 0.4) is 0 Å². The molecule has 18 heavy (non-hydrogen) atoms. The quantitative estimate of drug-likeness (QED) is 0.853. The summed E-state index contributed by atoms with van der Waals surface area (Å²) in [6.07, 6.45) is 6.76. The zero-order valence-corrected chi connectivity index (χ0v) is 11.6. The van der Waals surface area contributed by atoms with E-state index in [1.165, 1.54) is 31.4 Å². The number of hydrogen-bond acceptors (Lipinski definition) is 2. The summed E-state index contributed by atoms with van der Waals surface area (Å²) in [5, 5.41) is 3.66. The monoisotopic (exact) mass is 247 g/mol. The molecule has 0 radical (unpaired) electrons. The molecule has 0 aliphatic heterocycles. The fourth-order valence-electron chi connectivity index (χ4n) is 3.94. The van der Waals surface area contributed by atoms with Crippen LogP contribution in [0.5, 0.6) is 0 Å². The molecule has 2 nitrogen and oxygen atoms in total. The molecule has 3 atom stereocenters. The van der Waals surface area contributed by atoms with Gasteiger partial charge in [-0.1, -0.05) is 26.7 Å². The minimum atomic E-state index is 0.461. The molecule has 0 aromatic carbocycles. The maximum absolute atomic E-state index is 5.99. The van der Waals surface area contributed by atoms with Crippen molar-refractivity contribution in [3.05, 3.63) is 23.7 Å². The molecule has 0 saturated heterocycles. The smallest absolute Gasteiger partial charge is 0.121 e. The molecule has 2 saturated carbocycles. The van der Waals surface area contributed by atoms with Gasteiger partial charge in [0.15, 0.2) is 0 Å². The van der Waals surface area contributed by atoms with Crippen molar-refractivity contribution in [2.24, 2.45) is 17.8 Å². The molecule has 2 heteroatoms. The molecule has 2 aliphatic carbocycles. The zero-order valence-electron chi connectivity index (χ0n) is 11.6. The second-order valence-corrected chi connectivity index (χ2v) is 5.88. The van der Waals surface area contributed by atoms with Crippen LogP contribution in [0.2, 0.25) is 0 Å². The number of fused-ring (bicyclic) bond motifs is 1. The largest absolute Gasteiger partial charge is 0.464 e. The van der Waals surface area contributed by atoms with Crippen LogP contribution in [0.1, 0.15) is 57.1 Å². The highest BCUT2D eigenvalue weighted by molar-refractivity contribution is 5.17. The molecule has 2 fully saturated rings. The Labute approximate surface area is 110 Å². The van der Waals surface area contributed by atoms with Crippen molar-refractivity contribution in [3.8, 4) is 0 Å². The molecule has 3 unspecified atom stereocenters. The molecule has 2 aliphatic rings. The van der Waals surface area contributed by atoms with E-state index in [0.29, 0.717) is 6.04 Å². The van der Waals surface area contributed by atoms with Crippen molar-refractivity contribution in [3.63, 3.8) is 0 Å². The molecule has 1 aromatic heterocycles. The standard InChI is InChI=1S/C16H25NO/c1-3-11-9-10-14(18-11)16(17-4-2)15-12-7-5-6-8-13(12)15/h9-10,12-13,15-17H,3-8H2,1-2H3. The first-order valence-electron chi connectivity index (χ1n) is 7.67. The second kappa shape index (κ2) is 5.08. The van der Waals surface area contributed by atoms with Gasteiger partial charge >= 0.3 is 0 Å². The van der Waals surface area contributed by atoms with E-state index in [2.05, 4.69) is 31.3 Å². The molecule has 0 bridgehead atoms. The summed E-state index contributed by atoms with van der Waals surface area (Å²) >= 11 is 0. The van der Waals surface area contributed by atoms with Crippen LogP contribution in [0, 0.1) is 17.8 Å². The maximum atomic E-state index is 5.99. The predicted octanol–water partition coefficient (Wildman–Crippen LogP) is 3.93. The van der Waals surface area contributed by atoms with E-state index in [1.807, 2.05) is 0 Å². The van der Waals surface area contributed by atoms with Crippen LogP contribution >= 0.6 is 0 Å². The average Bonchev–Trinajstić information content (AvgIpc) is 2.92. The molecule has 1 aromatic rings. The highest BCUT2D eigenvalue weighted by Crippen LogP contribution is 2.60. The summed E-state index contributed by atoms with van der Waals surface area (Å²) in [4.78, 5) is 0. The Morgan fingerprint density at radius 2 is 1.94 bits per heavy atom. The first-order chi connectivity index (χ1) is 8.85. The summed E-state index contributed by atoms with van der Waals surface area (Å²) in [7, 11) is 0. The van der Waals surface area contributed by atoms with E-state index in [-0.39, 0.29) is 0 Å². The van der Waals surface area contributed by atoms with Crippen LogP contribution in [-0.4, -0.2) is 6.54 Å². The maximum Gasteiger partial charge on any atom is 0.121 e. The van der Waals surface area contributed by atoms with Crippen LogP contribution in [0.4, 0.5) is 0 Å². The van der Waals surface area contributed by atoms with Crippen molar-refractivity contribution < 1.29 is 4.42 Å². The van der Waals surface area contributed by atoms with Crippen LogP contribution < -0.4 is 5.32 Å². The topological polar surface area (TPSA) is 25.2 Å². The fraction of sp³-hybridized carbons (Fsp3) is 0.750. The Balaban J connectivity index is 1.76. The Morgan fingerprint density at radius 1 is 1.22 bits per heavy atom. The van der Waals surface area contributed by atoms with Gasteiger partial charge in [0.2, 0.25) is 0 Å². The van der Waals surface area contributed by atoms with Crippen LogP contribution in [0.15, 0.2) is 16.5 Å². The Hall–Kier alpha value is -0.760. The first kappa shape index (κ1) is 12.3. The average molecular weight is 247 g/mol. The third-order valence-corrected chi connectivity index (χ3v) is 4.87. The minimum absolute atomic E-state index is 0.461. The van der Waals surface area contributed by atoms with E-state index in [4.69, 9.17) is 4.42 Å². The van der Waals surface area contributed by atoms with Crippen molar-refractivity contribution in [1.82, 2.24) is 5.32 Å². The summed E-state index contributed by atoms with van der Waals surface area (Å²) in [6.45, 7) is 5.38. The lowest BCUT2D eigenvalue weighted by molar-refractivity contribution is 0.356. The van der Waals surface area contributed by atoms with Crippen molar-refractivity contribution in [2.45, 2.75) is 52.0 Å². The number of hydrogen-bond donors (Lipinski definition) is 1. The van der Waals surface area contributed by atoms with Gasteiger partial charge in [-0.25, -0.2) is 0 Å². The van der Waals surface area contributed by atoms with Gasteiger partial charge in [-0.2, -0.15) is 0 Å². The molecular weight excluding hydrogens is 222 g/mol. The highest BCUT2D eigenvalue weighted by Gasteiger charge is 2.54. The zero-order chi connectivity index (χ0) is 12.5. The van der Waals surface area contributed by atoms with Gasteiger partial charge in [-0.3, -0.25) is 0 Å². The lowest BCUT2D eigenvalue weighted by Crippen LogP contribution is -2.23. The van der Waals surface area contributed by atoms with Crippen LogP contribution in [-0.2, 0) is 6.42 Å². The highest BCUT2D eigenvalue weighted by atomic mass is 16.3.